The van der Waals surface area contributed by atoms with E-state index in [9.17, 15) is 0 Å². The van der Waals surface area contributed by atoms with Gasteiger partial charge >= 0.3 is 0 Å². The predicted molar refractivity (Wildman–Crippen MR) is 70.7 cm³/mol. The summed E-state index contributed by atoms with van der Waals surface area (Å²) in [5, 5.41) is 3.40. The van der Waals surface area contributed by atoms with E-state index in [-0.39, 0.29) is 0 Å². The molecule has 0 amide bonds. The Morgan fingerprint density at radius 3 is 2.82 bits per heavy atom. The summed E-state index contributed by atoms with van der Waals surface area (Å²) in [5.41, 5.74) is 1.05. The molecule has 0 unspecified atom stereocenters. The summed E-state index contributed by atoms with van der Waals surface area (Å²) in [6.45, 7) is 7.52. The third-order valence-electron chi connectivity index (χ3n) is 2.95. The molecule has 0 atom stereocenters. The van der Waals surface area contributed by atoms with E-state index in [4.69, 9.17) is 0 Å². The van der Waals surface area contributed by atoms with E-state index in [1.807, 2.05) is 6.07 Å². The third kappa shape index (κ3) is 6.34. The molecule has 0 aliphatic heterocycles. The third-order valence-corrected chi connectivity index (χ3v) is 2.95. The van der Waals surface area contributed by atoms with Crippen LogP contribution < -0.4 is 5.32 Å². The van der Waals surface area contributed by atoms with Crippen molar-refractivity contribution in [3.63, 3.8) is 0 Å². The molecule has 1 N–H and O–H groups in total. The number of rotatable bonds is 8. The molecule has 0 saturated carbocycles. The molecule has 17 heavy (non-hydrogen) atoms. The molecule has 0 aromatic carbocycles. The summed E-state index contributed by atoms with van der Waals surface area (Å²) in [7, 11) is 2.18. The van der Waals surface area contributed by atoms with E-state index in [2.05, 4.69) is 41.1 Å². The average molecular weight is 236 g/mol. The lowest BCUT2D eigenvalue weighted by molar-refractivity contribution is 0.268. The van der Waals surface area contributed by atoms with Gasteiger partial charge in [0.1, 0.15) is 6.33 Å². The first-order valence-electron chi connectivity index (χ1n) is 6.36. The van der Waals surface area contributed by atoms with Crippen LogP contribution in [-0.4, -0.2) is 41.0 Å². The van der Waals surface area contributed by atoms with Crippen molar-refractivity contribution in [1.82, 2.24) is 20.2 Å². The molecule has 0 spiro atoms. The van der Waals surface area contributed by atoms with Gasteiger partial charge in [-0.2, -0.15) is 0 Å². The molecule has 0 aliphatic carbocycles. The van der Waals surface area contributed by atoms with Gasteiger partial charge in [-0.15, -0.1) is 0 Å². The molecule has 0 fully saturated rings. The Bertz CT molecular complexity index is 287. The van der Waals surface area contributed by atoms with Crippen LogP contribution in [0.1, 0.15) is 32.4 Å². The Kier molecular flexibility index (Phi) is 6.74. The fourth-order valence-electron chi connectivity index (χ4n) is 1.51. The van der Waals surface area contributed by atoms with Crippen molar-refractivity contribution in [3.05, 3.63) is 24.3 Å². The molecular weight excluding hydrogens is 212 g/mol. The Morgan fingerprint density at radius 1 is 1.35 bits per heavy atom. The second-order valence-corrected chi connectivity index (χ2v) is 4.66. The SMILES string of the molecule is CC(C)N(C)CCCCNCc1ccncn1. The van der Waals surface area contributed by atoms with Crippen LogP contribution in [0.2, 0.25) is 0 Å². The van der Waals surface area contributed by atoms with Gasteiger partial charge in [0.25, 0.3) is 0 Å². The molecule has 96 valence electrons. The second-order valence-electron chi connectivity index (χ2n) is 4.66. The van der Waals surface area contributed by atoms with Gasteiger partial charge in [-0.05, 0) is 52.9 Å². The van der Waals surface area contributed by atoms with Gasteiger partial charge in [-0.3, -0.25) is 0 Å². The molecule has 0 aliphatic rings. The largest absolute Gasteiger partial charge is 0.311 e. The fourth-order valence-corrected chi connectivity index (χ4v) is 1.51. The number of hydrogen-bond donors (Lipinski definition) is 1. The van der Waals surface area contributed by atoms with E-state index in [1.54, 1.807) is 12.5 Å². The van der Waals surface area contributed by atoms with Gasteiger partial charge in [0.15, 0.2) is 0 Å². The first-order chi connectivity index (χ1) is 8.20. The first-order valence-corrected chi connectivity index (χ1v) is 6.36. The van der Waals surface area contributed by atoms with E-state index in [1.165, 1.54) is 19.4 Å². The number of aromatic nitrogens is 2. The maximum Gasteiger partial charge on any atom is 0.115 e. The van der Waals surface area contributed by atoms with Crippen LogP contribution in [0.3, 0.4) is 0 Å². The molecule has 1 aromatic rings. The van der Waals surface area contributed by atoms with Crippen molar-refractivity contribution in [1.29, 1.82) is 0 Å². The highest BCUT2D eigenvalue weighted by atomic mass is 15.1. The van der Waals surface area contributed by atoms with E-state index < -0.39 is 0 Å². The smallest absolute Gasteiger partial charge is 0.115 e. The number of hydrogen-bond acceptors (Lipinski definition) is 4. The van der Waals surface area contributed by atoms with Crippen LogP contribution in [0, 0.1) is 0 Å². The zero-order chi connectivity index (χ0) is 12.5. The van der Waals surface area contributed by atoms with Gasteiger partial charge in [-0.1, -0.05) is 0 Å². The van der Waals surface area contributed by atoms with Gasteiger partial charge < -0.3 is 10.2 Å². The number of nitrogens with zero attached hydrogens (tertiary/aromatic N) is 3. The molecule has 1 aromatic heterocycles. The highest BCUT2D eigenvalue weighted by Crippen LogP contribution is 1.97. The Morgan fingerprint density at radius 2 is 2.18 bits per heavy atom. The minimum Gasteiger partial charge on any atom is -0.311 e. The van der Waals surface area contributed by atoms with Crippen molar-refractivity contribution < 1.29 is 0 Å². The quantitative estimate of drug-likeness (QED) is 0.697. The molecule has 1 rings (SSSR count). The van der Waals surface area contributed by atoms with Crippen LogP contribution in [0.5, 0.6) is 0 Å². The minimum atomic E-state index is 0.643. The Balaban J connectivity index is 1.98. The van der Waals surface area contributed by atoms with Crippen molar-refractivity contribution >= 4 is 0 Å². The van der Waals surface area contributed by atoms with Crippen LogP contribution in [0.4, 0.5) is 0 Å². The molecule has 0 saturated heterocycles. The summed E-state index contributed by atoms with van der Waals surface area (Å²) in [6, 6.07) is 2.59. The molecule has 0 radical (unpaired) electrons. The zero-order valence-electron chi connectivity index (χ0n) is 11.2. The predicted octanol–water partition coefficient (Wildman–Crippen LogP) is 1.69. The van der Waals surface area contributed by atoms with Crippen molar-refractivity contribution in [2.24, 2.45) is 0 Å². The normalized spacial score (nSPS) is 11.4. The summed E-state index contributed by atoms with van der Waals surface area (Å²) in [5.74, 6) is 0. The molecular formula is C13H24N4. The van der Waals surface area contributed by atoms with Gasteiger partial charge in [0.2, 0.25) is 0 Å². The molecule has 4 nitrogen and oxygen atoms in total. The monoisotopic (exact) mass is 236 g/mol. The molecule has 0 bridgehead atoms. The van der Waals surface area contributed by atoms with Gasteiger partial charge in [0.05, 0.1) is 5.69 Å². The Labute approximate surface area is 104 Å². The van der Waals surface area contributed by atoms with E-state index in [0.717, 1.165) is 18.8 Å². The zero-order valence-corrected chi connectivity index (χ0v) is 11.2. The first kappa shape index (κ1) is 14.1. The van der Waals surface area contributed by atoms with Gasteiger partial charge in [0, 0.05) is 18.8 Å². The standard InChI is InChI=1S/C13H24N4/c1-12(2)17(3)9-5-4-7-14-10-13-6-8-15-11-16-13/h6,8,11-12,14H,4-5,7,9-10H2,1-3H3. The number of nitrogens with one attached hydrogen (secondary N) is 1. The van der Waals surface area contributed by atoms with Crippen molar-refractivity contribution in [2.45, 2.75) is 39.3 Å². The van der Waals surface area contributed by atoms with Crippen molar-refractivity contribution in [2.75, 3.05) is 20.1 Å². The van der Waals surface area contributed by atoms with Crippen molar-refractivity contribution in [3.8, 4) is 0 Å². The minimum absolute atomic E-state index is 0.643. The lowest BCUT2D eigenvalue weighted by Crippen LogP contribution is -2.27. The Hall–Kier alpha value is -1.00. The topological polar surface area (TPSA) is 41.0 Å². The van der Waals surface area contributed by atoms with Crippen LogP contribution in [0.15, 0.2) is 18.6 Å². The lowest BCUT2D eigenvalue weighted by Gasteiger charge is -2.20. The summed E-state index contributed by atoms with van der Waals surface area (Å²) >= 11 is 0. The van der Waals surface area contributed by atoms with E-state index in [0.29, 0.717) is 6.04 Å². The highest BCUT2D eigenvalue weighted by molar-refractivity contribution is 4.96. The fraction of sp³-hybridized carbons (Fsp3) is 0.692. The maximum atomic E-state index is 4.17. The van der Waals surface area contributed by atoms with E-state index >= 15 is 0 Å². The van der Waals surface area contributed by atoms with Crippen LogP contribution >= 0.6 is 0 Å². The average Bonchev–Trinajstić information content (AvgIpc) is 2.34. The summed E-state index contributed by atoms with van der Waals surface area (Å²) < 4.78 is 0. The molecule has 1 heterocycles. The van der Waals surface area contributed by atoms with Crippen LogP contribution in [0.25, 0.3) is 0 Å². The summed E-state index contributed by atoms with van der Waals surface area (Å²) in [6.07, 6.45) is 5.82. The van der Waals surface area contributed by atoms with Gasteiger partial charge in [-0.25, -0.2) is 9.97 Å². The molecule has 4 heteroatoms. The van der Waals surface area contributed by atoms with Crippen LogP contribution in [-0.2, 0) is 6.54 Å². The maximum absolute atomic E-state index is 4.17. The highest BCUT2D eigenvalue weighted by Gasteiger charge is 2.01. The second kappa shape index (κ2) is 8.14. The lowest BCUT2D eigenvalue weighted by atomic mass is 10.2. The summed E-state index contributed by atoms with van der Waals surface area (Å²) in [4.78, 5) is 10.4. The number of unbranched alkanes of at least 4 members (excludes halogenated alkanes) is 1.